The molecule has 2 aliphatic carbocycles. The van der Waals surface area contributed by atoms with Crippen LogP contribution in [0.3, 0.4) is 0 Å². The SMILES string of the molecule is Cc1cc(Cl)ccc1C(=O)NC1C2CCC(C2)C1C(=O)O. The summed E-state index contributed by atoms with van der Waals surface area (Å²) in [5.74, 6) is -0.926. The molecule has 4 nitrogen and oxygen atoms in total. The summed E-state index contributed by atoms with van der Waals surface area (Å²) in [6.45, 7) is 1.83. The van der Waals surface area contributed by atoms with Crippen LogP contribution in [0.25, 0.3) is 0 Å². The second kappa shape index (κ2) is 5.34. The fraction of sp³-hybridized carbons (Fsp3) is 0.500. The lowest BCUT2D eigenvalue weighted by molar-refractivity contribution is -0.144. The molecule has 4 unspecified atom stereocenters. The Hall–Kier alpha value is -1.55. The molecule has 0 saturated heterocycles. The van der Waals surface area contributed by atoms with E-state index in [-0.39, 0.29) is 17.9 Å². The summed E-state index contributed by atoms with van der Waals surface area (Å²) in [6.07, 6.45) is 2.90. The highest BCUT2D eigenvalue weighted by molar-refractivity contribution is 6.30. The van der Waals surface area contributed by atoms with Crippen molar-refractivity contribution in [2.24, 2.45) is 17.8 Å². The molecular weight excluding hydrogens is 290 g/mol. The summed E-state index contributed by atoms with van der Waals surface area (Å²) in [5.41, 5.74) is 1.36. The van der Waals surface area contributed by atoms with Gasteiger partial charge >= 0.3 is 5.97 Å². The van der Waals surface area contributed by atoms with Crippen molar-refractivity contribution in [3.8, 4) is 0 Å². The predicted molar refractivity (Wildman–Crippen MR) is 79.4 cm³/mol. The number of halogens is 1. The maximum absolute atomic E-state index is 12.4. The summed E-state index contributed by atoms with van der Waals surface area (Å²) in [7, 11) is 0. The fourth-order valence-electron chi connectivity index (χ4n) is 3.97. The number of amides is 1. The predicted octanol–water partition coefficient (Wildman–Crippen LogP) is 2.88. The third-order valence-electron chi connectivity index (χ3n) is 4.93. The first-order chi connectivity index (χ1) is 9.97. The Morgan fingerprint density at radius 3 is 2.67 bits per heavy atom. The normalized spacial score (nSPS) is 30.4. The molecule has 2 bridgehead atoms. The van der Waals surface area contributed by atoms with Gasteiger partial charge in [0.05, 0.1) is 5.92 Å². The van der Waals surface area contributed by atoms with E-state index >= 15 is 0 Å². The summed E-state index contributed by atoms with van der Waals surface area (Å²) < 4.78 is 0. The van der Waals surface area contributed by atoms with Crippen LogP contribution in [0.4, 0.5) is 0 Å². The molecule has 1 aromatic rings. The number of nitrogens with one attached hydrogen (secondary N) is 1. The summed E-state index contributed by atoms with van der Waals surface area (Å²) in [4.78, 5) is 23.9. The van der Waals surface area contributed by atoms with E-state index in [1.54, 1.807) is 18.2 Å². The molecule has 1 aromatic carbocycles. The lowest BCUT2D eigenvalue weighted by atomic mass is 9.84. The smallest absolute Gasteiger partial charge is 0.308 e. The largest absolute Gasteiger partial charge is 0.481 e. The molecule has 2 fully saturated rings. The van der Waals surface area contributed by atoms with E-state index < -0.39 is 11.9 Å². The van der Waals surface area contributed by atoms with E-state index in [0.717, 1.165) is 24.8 Å². The average molecular weight is 308 g/mol. The molecule has 3 rings (SSSR count). The highest BCUT2D eigenvalue weighted by Crippen LogP contribution is 2.48. The Kier molecular flexibility index (Phi) is 3.66. The zero-order valence-electron chi connectivity index (χ0n) is 11.8. The standard InChI is InChI=1S/C16H18ClNO3/c1-8-6-11(17)4-5-12(8)15(19)18-14-10-3-2-9(7-10)13(14)16(20)21/h4-6,9-10,13-14H,2-3,7H2,1H3,(H,18,19)(H,20,21). The number of aryl methyl sites for hydroxylation is 1. The van der Waals surface area contributed by atoms with Gasteiger partial charge in [-0.25, -0.2) is 0 Å². The molecule has 112 valence electrons. The van der Waals surface area contributed by atoms with E-state index in [1.165, 1.54) is 0 Å². The van der Waals surface area contributed by atoms with Crippen LogP contribution < -0.4 is 5.32 Å². The molecular formula is C16H18ClNO3. The lowest BCUT2D eigenvalue weighted by Gasteiger charge is -2.29. The van der Waals surface area contributed by atoms with Gasteiger partial charge in [-0.2, -0.15) is 0 Å². The van der Waals surface area contributed by atoms with Crippen LogP contribution in [-0.2, 0) is 4.79 Å². The number of hydrogen-bond donors (Lipinski definition) is 2. The maximum Gasteiger partial charge on any atom is 0.308 e. The highest BCUT2D eigenvalue weighted by atomic mass is 35.5. The number of hydrogen-bond acceptors (Lipinski definition) is 2. The van der Waals surface area contributed by atoms with Crippen LogP contribution in [-0.4, -0.2) is 23.0 Å². The Labute approximate surface area is 128 Å². The van der Waals surface area contributed by atoms with Crippen LogP contribution in [0.5, 0.6) is 0 Å². The zero-order valence-corrected chi connectivity index (χ0v) is 12.6. The molecule has 21 heavy (non-hydrogen) atoms. The number of carbonyl (C=O) groups is 2. The monoisotopic (exact) mass is 307 g/mol. The van der Waals surface area contributed by atoms with Gasteiger partial charge in [0.1, 0.15) is 0 Å². The molecule has 2 aliphatic rings. The summed E-state index contributed by atoms with van der Waals surface area (Å²) in [6, 6.07) is 4.87. The van der Waals surface area contributed by atoms with Crippen molar-refractivity contribution in [3.63, 3.8) is 0 Å². The van der Waals surface area contributed by atoms with Gasteiger partial charge in [0.2, 0.25) is 0 Å². The lowest BCUT2D eigenvalue weighted by Crippen LogP contribution is -2.46. The molecule has 1 amide bonds. The van der Waals surface area contributed by atoms with E-state index in [0.29, 0.717) is 16.5 Å². The van der Waals surface area contributed by atoms with Crippen molar-refractivity contribution in [1.29, 1.82) is 0 Å². The Bertz CT molecular complexity index is 601. The minimum Gasteiger partial charge on any atom is -0.481 e. The Morgan fingerprint density at radius 2 is 2.00 bits per heavy atom. The molecule has 0 aliphatic heterocycles. The van der Waals surface area contributed by atoms with E-state index in [9.17, 15) is 14.7 Å². The number of fused-ring (bicyclic) bond motifs is 2. The molecule has 5 heteroatoms. The average Bonchev–Trinajstić information content (AvgIpc) is 2.98. The number of rotatable bonds is 3. The van der Waals surface area contributed by atoms with Crippen molar-refractivity contribution >= 4 is 23.5 Å². The Balaban J connectivity index is 1.79. The number of carbonyl (C=O) groups excluding carboxylic acids is 1. The summed E-state index contributed by atoms with van der Waals surface area (Å²) >= 11 is 5.90. The van der Waals surface area contributed by atoms with Gasteiger partial charge in [0.25, 0.3) is 5.91 Å². The third kappa shape index (κ3) is 2.53. The molecule has 2 N–H and O–H groups in total. The molecule has 0 radical (unpaired) electrons. The van der Waals surface area contributed by atoms with Gasteiger partial charge < -0.3 is 10.4 Å². The number of carboxylic acids is 1. The van der Waals surface area contributed by atoms with E-state index in [4.69, 9.17) is 11.6 Å². The van der Waals surface area contributed by atoms with Crippen molar-refractivity contribution in [2.75, 3.05) is 0 Å². The van der Waals surface area contributed by atoms with Crippen molar-refractivity contribution < 1.29 is 14.7 Å². The molecule has 2 saturated carbocycles. The van der Waals surface area contributed by atoms with Gasteiger partial charge in [-0.3, -0.25) is 9.59 Å². The van der Waals surface area contributed by atoms with Gasteiger partial charge in [0, 0.05) is 16.6 Å². The van der Waals surface area contributed by atoms with E-state index in [2.05, 4.69) is 5.32 Å². The fourth-order valence-corrected chi connectivity index (χ4v) is 4.19. The highest BCUT2D eigenvalue weighted by Gasteiger charge is 2.51. The van der Waals surface area contributed by atoms with Gasteiger partial charge in [-0.05, 0) is 61.8 Å². The number of aliphatic carboxylic acids is 1. The first-order valence-electron chi connectivity index (χ1n) is 7.27. The van der Waals surface area contributed by atoms with Crippen molar-refractivity contribution in [2.45, 2.75) is 32.2 Å². The molecule has 4 atom stereocenters. The van der Waals surface area contributed by atoms with Crippen LogP contribution >= 0.6 is 11.6 Å². The molecule has 0 aromatic heterocycles. The van der Waals surface area contributed by atoms with Gasteiger partial charge in [0.15, 0.2) is 0 Å². The maximum atomic E-state index is 12.4. The second-order valence-electron chi connectivity index (χ2n) is 6.16. The first-order valence-corrected chi connectivity index (χ1v) is 7.65. The topological polar surface area (TPSA) is 66.4 Å². The first kappa shape index (κ1) is 14.4. The van der Waals surface area contributed by atoms with E-state index in [1.807, 2.05) is 6.92 Å². The van der Waals surface area contributed by atoms with Crippen molar-refractivity contribution in [3.05, 3.63) is 34.3 Å². The van der Waals surface area contributed by atoms with Crippen molar-refractivity contribution in [1.82, 2.24) is 5.32 Å². The molecule has 0 spiro atoms. The Morgan fingerprint density at radius 1 is 1.29 bits per heavy atom. The minimum atomic E-state index is -0.791. The van der Waals surface area contributed by atoms with Gasteiger partial charge in [-0.15, -0.1) is 0 Å². The third-order valence-corrected chi connectivity index (χ3v) is 5.17. The van der Waals surface area contributed by atoms with Crippen LogP contribution in [0.2, 0.25) is 5.02 Å². The van der Waals surface area contributed by atoms with Crippen LogP contribution in [0.1, 0.15) is 35.2 Å². The number of benzene rings is 1. The zero-order chi connectivity index (χ0) is 15.1. The van der Waals surface area contributed by atoms with Crippen LogP contribution in [0.15, 0.2) is 18.2 Å². The van der Waals surface area contributed by atoms with Gasteiger partial charge in [-0.1, -0.05) is 11.6 Å². The quantitative estimate of drug-likeness (QED) is 0.902. The molecule has 0 heterocycles. The minimum absolute atomic E-state index is 0.201. The second-order valence-corrected chi connectivity index (χ2v) is 6.59. The summed E-state index contributed by atoms with van der Waals surface area (Å²) in [5, 5.41) is 13.0. The number of carboxylic acid groups (broad SMARTS) is 1. The van der Waals surface area contributed by atoms with Crippen LogP contribution in [0, 0.1) is 24.7 Å².